The standard InChI is InChI=1S/C16H19ClN6OS/c1-11-4-5-12(17)15-14(11)20-16(25-15)23(7-6-21(2)3)13(24)8-22-10-18-9-19-22/h4-5,9-10H,6-8H2,1-3H3. The van der Waals surface area contributed by atoms with Crippen molar-refractivity contribution in [2.45, 2.75) is 13.5 Å². The smallest absolute Gasteiger partial charge is 0.250 e. The van der Waals surface area contributed by atoms with E-state index < -0.39 is 0 Å². The van der Waals surface area contributed by atoms with Crippen LogP contribution in [0.25, 0.3) is 10.2 Å². The Hall–Kier alpha value is -2.03. The van der Waals surface area contributed by atoms with Crippen molar-refractivity contribution in [3.8, 4) is 0 Å². The Morgan fingerprint density at radius 2 is 2.12 bits per heavy atom. The number of benzene rings is 1. The highest BCUT2D eigenvalue weighted by Crippen LogP contribution is 2.35. The third kappa shape index (κ3) is 3.97. The van der Waals surface area contributed by atoms with Gasteiger partial charge in [0.2, 0.25) is 0 Å². The van der Waals surface area contributed by atoms with E-state index in [2.05, 4.69) is 15.1 Å². The van der Waals surface area contributed by atoms with Crippen molar-refractivity contribution in [1.82, 2.24) is 24.6 Å². The van der Waals surface area contributed by atoms with Crippen LogP contribution in [-0.4, -0.2) is 57.7 Å². The zero-order valence-corrected chi connectivity index (χ0v) is 15.9. The molecule has 9 heteroatoms. The third-order valence-corrected chi connectivity index (χ3v) is 5.29. The maximum atomic E-state index is 12.8. The van der Waals surface area contributed by atoms with Crippen LogP contribution < -0.4 is 4.90 Å². The molecule has 0 atom stereocenters. The molecule has 0 saturated carbocycles. The summed E-state index contributed by atoms with van der Waals surface area (Å²) in [6, 6.07) is 3.80. The number of aryl methyl sites for hydroxylation is 1. The summed E-state index contributed by atoms with van der Waals surface area (Å²) in [4.78, 5) is 25.1. The Labute approximate surface area is 154 Å². The van der Waals surface area contributed by atoms with Gasteiger partial charge in [0.25, 0.3) is 5.91 Å². The van der Waals surface area contributed by atoms with Crippen molar-refractivity contribution in [3.05, 3.63) is 35.4 Å². The monoisotopic (exact) mass is 378 g/mol. The van der Waals surface area contributed by atoms with Crippen LogP contribution in [0, 0.1) is 6.92 Å². The average Bonchev–Trinajstić information content (AvgIpc) is 3.21. The molecule has 3 rings (SSSR count). The quantitative estimate of drug-likeness (QED) is 0.659. The van der Waals surface area contributed by atoms with Crippen molar-refractivity contribution >= 4 is 44.2 Å². The third-order valence-electron chi connectivity index (χ3n) is 3.75. The maximum Gasteiger partial charge on any atom is 0.250 e. The van der Waals surface area contributed by atoms with E-state index in [0.29, 0.717) is 16.7 Å². The van der Waals surface area contributed by atoms with Gasteiger partial charge in [0, 0.05) is 13.1 Å². The molecule has 2 heterocycles. The van der Waals surface area contributed by atoms with Crippen LogP contribution in [0.4, 0.5) is 5.13 Å². The van der Waals surface area contributed by atoms with E-state index >= 15 is 0 Å². The molecule has 25 heavy (non-hydrogen) atoms. The van der Waals surface area contributed by atoms with Gasteiger partial charge in [0.1, 0.15) is 19.2 Å². The molecule has 7 nitrogen and oxygen atoms in total. The predicted molar refractivity (Wildman–Crippen MR) is 100 cm³/mol. The Bertz CT molecular complexity index is 837. The molecule has 0 fully saturated rings. The Morgan fingerprint density at radius 1 is 1.32 bits per heavy atom. The van der Waals surface area contributed by atoms with Gasteiger partial charge in [0.15, 0.2) is 5.13 Å². The van der Waals surface area contributed by atoms with Gasteiger partial charge in [-0.05, 0) is 32.6 Å². The number of amides is 1. The van der Waals surface area contributed by atoms with E-state index in [9.17, 15) is 4.79 Å². The molecule has 0 spiro atoms. The number of fused-ring (bicyclic) bond motifs is 1. The second-order valence-corrected chi connectivity index (χ2v) is 7.36. The lowest BCUT2D eigenvalue weighted by Crippen LogP contribution is -2.38. The fraction of sp³-hybridized carbons (Fsp3) is 0.375. The number of rotatable bonds is 6. The summed E-state index contributed by atoms with van der Waals surface area (Å²) < 4.78 is 2.41. The number of aromatic nitrogens is 4. The summed E-state index contributed by atoms with van der Waals surface area (Å²) in [6.07, 6.45) is 2.94. The van der Waals surface area contributed by atoms with Crippen LogP contribution >= 0.6 is 22.9 Å². The maximum absolute atomic E-state index is 12.8. The normalized spacial score (nSPS) is 11.4. The van der Waals surface area contributed by atoms with E-state index in [0.717, 1.165) is 22.3 Å². The highest BCUT2D eigenvalue weighted by atomic mass is 35.5. The first-order valence-corrected chi connectivity index (χ1v) is 8.98. The fourth-order valence-electron chi connectivity index (χ4n) is 2.37. The number of anilines is 1. The van der Waals surface area contributed by atoms with Crippen LogP contribution in [0.1, 0.15) is 5.56 Å². The van der Waals surface area contributed by atoms with Crippen molar-refractivity contribution in [2.75, 3.05) is 32.1 Å². The van der Waals surface area contributed by atoms with Crippen LogP contribution in [-0.2, 0) is 11.3 Å². The molecular weight excluding hydrogens is 360 g/mol. The lowest BCUT2D eigenvalue weighted by atomic mass is 10.2. The second-order valence-electron chi connectivity index (χ2n) is 5.98. The zero-order chi connectivity index (χ0) is 18.0. The summed E-state index contributed by atoms with van der Waals surface area (Å²) in [5, 5.41) is 5.31. The number of halogens is 1. The van der Waals surface area contributed by atoms with Gasteiger partial charge in [-0.3, -0.25) is 9.69 Å². The number of thiazole rings is 1. The lowest BCUT2D eigenvalue weighted by Gasteiger charge is -2.21. The van der Waals surface area contributed by atoms with E-state index in [1.54, 1.807) is 4.90 Å². The van der Waals surface area contributed by atoms with Crippen molar-refractivity contribution in [3.63, 3.8) is 0 Å². The minimum atomic E-state index is -0.0832. The Balaban J connectivity index is 1.94. The summed E-state index contributed by atoms with van der Waals surface area (Å²) in [6.45, 7) is 3.38. The highest BCUT2D eigenvalue weighted by Gasteiger charge is 2.21. The predicted octanol–water partition coefficient (Wildman–Crippen LogP) is 2.44. The molecule has 0 unspecified atom stereocenters. The molecule has 1 aromatic carbocycles. The fourth-order valence-corrected chi connectivity index (χ4v) is 3.73. The van der Waals surface area contributed by atoms with E-state index in [1.165, 1.54) is 28.7 Å². The Kier molecular flexibility index (Phi) is 5.31. The Morgan fingerprint density at radius 3 is 2.76 bits per heavy atom. The molecule has 0 radical (unpaired) electrons. The van der Waals surface area contributed by atoms with Gasteiger partial charge < -0.3 is 4.90 Å². The molecular formula is C16H19ClN6OS. The lowest BCUT2D eigenvalue weighted by molar-refractivity contribution is -0.119. The zero-order valence-electron chi connectivity index (χ0n) is 14.3. The van der Waals surface area contributed by atoms with E-state index in [4.69, 9.17) is 11.6 Å². The summed E-state index contributed by atoms with van der Waals surface area (Å²) >= 11 is 7.74. The van der Waals surface area contributed by atoms with Crippen LogP contribution in [0.3, 0.4) is 0 Å². The molecule has 0 aliphatic heterocycles. The van der Waals surface area contributed by atoms with Gasteiger partial charge in [-0.1, -0.05) is 29.0 Å². The molecule has 0 bridgehead atoms. The minimum absolute atomic E-state index is 0.0832. The van der Waals surface area contributed by atoms with Gasteiger partial charge in [0.05, 0.1) is 15.2 Å². The van der Waals surface area contributed by atoms with Gasteiger partial charge in [-0.25, -0.2) is 14.6 Å². The first-order valence-electron chi connectivity index (χ1n) is 7.79. The number of nitrogens with zero attached hydrogens (tertiary/aromatic N) is 6. The highest BCUT2D eigenvalue weighted by molar-refractivity contribution is 7.23. The van der Waals surface area contributed by atoms with Crippen LogP contribution in [0.2, 0.25) is 5.02 Å². The van der Waals surface area contributed by atoms with Crippen molar-refractivity contribution in [1.29, 1.82) is 0 Å². The first-order chi connectivity index (χ1) is 12.0. The van der Waals surface area contributed by atoms with Crippen LogP contribution in [0.15, 0.2) is 24.8 Å². The molecule has 132 valence electrons. The topological polar surface area (TPSA) is 67.2 Å². The molecule has 0 aliphatic carbocycles. The van der Waals surface area contributed by atoms with Crippen molar-refractivity contribution < 1.29 is 4.79 Å². The molecule has 3 aromatic rings. The van der Waals surface area contributed by atoms with E-state index in [-0.39, 0.29) is 12.5 Å². The molecule has 1 amide bonds. The van der Waals surface area contributed by atoms with Crippen LogP contribution in [0.5, 0.6) is 0 Å². The van der Waals surface area contributed by atoms with Gasteiger partial charge >= 0.3 is 0 Å². The summed E-state index contributed by atoms with van der Waals surface area (Å²) in [5.74, 6) is -0.0832. The molecule has 0 aliphatic rings. The number of likely N-dealkylation sites (N-methyl/N-ethyl adjacent to an activating group) is 1. The average molecular weight is 379 g/mol. The molecule has 2 aromatic heterocycles. The summed E-state index contributed by atoms with van der Waals surface area (Å²) in [7, 11) is 3.94. The number of carbonyl (C=O) groups is 1. The SMILES string of the molecule is Cc1ccc(Cl)c2sc(N(CCN(C)C)C(=O)Cn3cncn3)nc12. The number of hydrogen-bond donors (Lipinski definition) is 0. The first kappa shape index (κ1) is 17.8. The van der Waals surface area contributed by atoms with Gasteiger partial charge in [-0.15, -0.1) is 0 Å². The van der Waals surface area contributed by atoms with Gasteiger partial charge in [-0.2, -0.15) is 5.10 Å². The van der Waals surface area contributed by atoms with Crippen molar-refractivity contribution in [2.24, 2.45) is 0 Å². The second kappa shape index (κ2) is 7.47. The number of hydrogen-bond acceptors (Lipinski definition) is 6. The minimum Gasteiger partial charge on any atom is -0.308 e. The molecule has 0 saturated heterocycles. The number of carbonyl (C=O) groups excluding carboxylic acids is 1. The van der Waals surface area contributed by atoms with E-state index in [1.807, 2.05) is 38.1 Å². The summed E-state index contributed by atoms with van der Waals surface area (Å²) in [5.41, 5.74) is 1.88. The molecule has 0 N–H and O–H groups in total. The largest absolute Gasteiger partial charge is 0.308 e.